The van der Waals surface area contributed by atoms with Crippen molar-refractivity contribution < 1.29 is 15.0 Å². The van der Waals surface area contributed by atoms with Gasteiger partial charge in [-0.25, -0.2) is 0 Å². The quantitative estimate of drug-likeness (QED) is 0.700. The molecule has 3 heteroatoms. The van der Waals surface area contributed by atoms with Crippen molar-refractivity contribution in [2.75, 3.05) is 0 Å². The van der Waals surface area contributed by atoms with E-state index in [1.165, 1.54) is 24.8 Å². The molecule has 4 fully saturated rings. The molecule has 0 saturated heterocycles. The topological polar surface area (TPSA) is 57.5 Å². The van der Waals surface area contributed by atoms with Crippen LogP contribution in [0.25, 0.3) is 0 Å². The summed E-state index contributed by atoms with van der Waals surface area (Å²) in [7, 11) is 0. The maximum Gasteiger partial charge on any atom is 0.309 e. The van der Waals surface area contributed by atoms with Crippen molar-refractivity contribution in [2.45, 2.75) is 78.2 Å². The highest BCUT2D eigenvalue weighted by molar-refractivity contribution is 5.75. The molecule has 0 amide bonds. The molecule has 0 aromatic rings. The number of hydrogen-bond acceptors (Lipinski definition) is 2. The standard InChI is InChI=1S/C21H32O3/c1-13-9-21-8-6-15-19(3,16(21)5-7-18(13,2)12-21)10-14(22)11-20(15,4)17(23)24/h14-16,22H,1,5-12H2,2-4H3,(H,23,24)/t14-,15?,16?,18?,19?,20?,21?/m1/s1. The van der Waals surface area contributed by atoms with Gasteiger partial charge in [-0.2, -0.15) is 0 Å². The highest BCUT2D eigenvalue weighted by Crippen LogP contribution is 2.74. The molecule has 1 spiro atoms. The van der Waals surface area contributed by atoms with Gasteiger partial charge in [0.25, 0.3) is 0 Å². The van der Waals surface area contributed by atoms with Gasteiger partial charge in [0.2, 0.25) is 0 Å². The van der Waals surface area contributed by atoms with Crippen molar-refractivity contribution in [3.63, 3.8) is 0 Å². The molecular formula is C21H32O3. The monoisotopic (exact) mass is 332 g/mol. The van der Waals surface area contributed by atoms with Crippen LogP contribution in [0.15, 0.2) is 12.2 Å². The molecule has 7 atom stereocenters. The molecule has 2 bridgehead atoms. The first-order chi connectivity index (χ1) is 11.1. The number of aliphatic hydroxyl groups excluding tert-OH is 1. The van der Waals surface area contributed by atoms with E-state index in [0.29, 0.717) is 23.2 Å². The summed E-state index contributed by atoms with van der Waals surface area (Å²) in [5.74, 6) is -0.00523. The van der Waals surface area contributed by atoms with E-state index in [1.54, 1.807) is 0 Å². The van der Waals surface area contributed by atoms with Crippen molar-refractivity contribution in [3.8, 4) is 0 Å². The van der Waals surface area contributed by atoms with Gasteiger partial charge in [-0.3, -0.25) is 4.79 Å². The predicted molar refractivity (Wildman–Crippen MR) is 93.5 cm³/mol. The van der Waals surface area contributed by atoms with Gasteiger partial charge < -0.3 is 10.2 Å². The summed E-state index contributed by atoms with van der Waals surface area (Å²) in [4.78, 5) is 12.1. The smallest absolute Gasteiger partial charge is 0.309 e. The van der Waals surface area contributed by atoms with E-state index in [4.69, 9.17) is 0 Å². The average Bonchev–Trinajstić information content (AvgIpc) is 2.62. The third-order valence-corrected chi connectivity index (χ3v) is 9.00. The molecule has 6 unspecified atom stereocenters. The summed E-state index contributed by atoms with van der Waals surface area (Å²) in [5, 5.41) is 20.5. The maximum absolute atomic E-state index is 12.1. The maximum atomic E-state index is 12.1. The van der Waals surface area contributed by atoms with Crippen LogP contribution < -0.4 is 0 Å². The second-order valence-corrected chi connectivity index (χ2v) is 10.4. The highest BCUT2D eigenvalue weighted by atomic mass is 16.4. The number of rotatable bonds is 1. The SMILES string of the molecule is C=C1CC23CCC4C(C)(C(=O)O)C[C@H](O)CC4(C)C2CCC1(C)C3. The normalized spacial score (nSPS) is 56.5. The molecule has 24 heavy (non-hydrogen) atoms. The van der Waals surface area contributed by atoms with Gasteiger partial charge in [-0.15, -0.1) is 0 Å². The van der Waals surface area contributed by atoms with Gasteiger partial charge >= 0.3 is 5.97 Å². The minimum atomic E-state index is -0.787. The molecule has 0 aliphatic heterocycles. The van der Waals surface area contributed by atoms with E-state index < -0.39 is 17.5 Å². The molecule has 4 aliphatic rings. The molecular weight excluding hydrogens is 300 g/mol. The molecule has 3 nitrogen and oxygen atoms in total. The molecule has 4 aliphatic carbocycles. The van der Waals surface area contributed by atoms with Gasteiger partial charge in [-0.1, -0.05) is 26.0 Å². The third kappa shape index (κ3) is 1.85. The van der Waals surface area contributed by atoms with Gasteiger partial charge in [-0.05, 0) is 86.4 Å². The predicted octanol–water partition coefficient (Wildman–Crippen LogP) is 4.40. The van der Waals surface area contributed by atoms with Crippen LogP contribution in [0, 0.1) is 33.5 Å². The fraction of sp³-hybridized carbons (Fsp3) is 0.857. The Balaban J connectivity index is 1.78. The minimum Gasteiger partial charge on any atom is -0.481 e. The Kier molecular flexibility index (Phi) is 3.23. The van der Waals surface area contributed by atoms with Gasteiger partial charge in [0.1, 0.15) is 0 Å². The van der Waals surface area contributed by atoms with Crippen LogP contribution in [0.1, 0.15) is 72.1 Å². The van der Waals surface area contributed by atoms with Gasteiger partial charge in [0.15, 0.2) is 0 Å². The molecule has 0 heterocycles. The first kappa shape index (κ1) is 16.6. The van der Waals surface area contributed by atoms with Crippen molar-refractivity contribution in [2.24, 2.45) is 33.5 Å². The zero-order valence-electron chi connectivity index (χ0n) is 15.4. The van der Waals surface area contributed by atoms with E-state index in [0.717, 1.165) is 25.7 Å². The van der Waals surface area contributed by atoms with Crippen molar-refractivity contribution >= 4 is 5.97 Å². The van der Waals surface area contributed by atoms with E-state index >= 15 is 0 Å². The Morgan fingerprint density at radius 1 is 1.12 bits per heavy atom. The zero-order chi connectivity index (χ0) is 17.5. The average molecular weight is 332 g/mol. The van der Waals surface area contributed by atoms with E-state index in [9.17, 15) is 15.0 Å². The van der Waals surface area contributed by atoms with Crippen molar-refractivity contribution in [3.05, 3.63) is 12.2 Å². The summed E-state index contributed by atoms with van der Waals surface area (Å²) in [6.45, 7) is 11.0. The highest BCUT2D eigenvalue weighted by Gasteiger charge is 2.67. The molecule has 2 N–H and O–H groups in total. The number of hydrogen-bond donors (Lipinski definition) is 2. The fourth-order valence-electron chi connectivity index (χ4n) is 8.05. The van der Waals surface area contributed by atoms with E-state index in [1.807, 2.05) is 6.92 Å². The summed E-state index contributed by atoms with van der Waals surface area (Å²) in [6.07, 6.45) is 7.54. The van der Waals surface area contributed by atoms with Crippen LogP contribution in [0.2, 0.25) is 0 Å². The van der Waals surface area contributed by atoms with Gasteiger partial charge in [0.05, 0.1) is 11.5 Å². The lowest BCUT2D eigenvalue weighted by Gasteiger charge is -2.64. The number of aliphatic hydroxyl groups is 1. The molecule has 0 aromatic carbocycles. The van der Waals surface area contributed by atoms with Crippen LogP contribution >= 0.6 is 0 Å². The Morgan fingerprint density at radius 3 is 2.46 bits per heavy atom. The Hall–Kier alpha value is -0.830. The number of fused-ring (bicyclic) bond motifs is 3. The van der Waals surface area contributed by atoms with Crippen molar-refractivity contribution in [1.29, 1.82) is 0 Å². The molecule has 4 rings (SSSR count). The third-order valence-electron chi connectivity index (χ3n) is 9.00. The molecule has 0 aromatic heterocycles. The number of carbonyl (C=O) groups is 1. The van der Waals surface area contributed by atoms with Crippen LogP contribution in [-0.2, 0) is 4.79 Å². The number of aliphatic carboxylic acids is 1. The van der Waals surface area contributed by atoms with E-state index in [-0.39, 0.29) is 11.3 Å². The number of allylic oxidation sites excluding steroid dienone is 1. The van der Waals surface area contributed by atoms with Crippen LogP contribution in [0.3, 0.4) is 0 Å². The number of carboxylic acid groups (broad SMARTS) is 1. The van der Waals surface area contributed by atoms with E-state index in [2.05, 4.69) is 20.4 Å². The summed E-state index contributed by atoms with van der Waals surface area (Å²) in [6, 6.07) is 0. The molecule has 4 saturated carbocycles. The summed E-state index contributed by atoms with van der Waals surface area (Å²) in [5.41, 5.74) is 1.18. The Labute approximate surface area is 145 Å². The molecule has 0 radical (unpaired) electrons. The fourth-order valence-corrected chi connectivity index (χ4v) is 8.05. The van der Waals surface area contributed by atoms with Gasteiger partial charge in [0, 0.05) is 0 Å². The first-order valence-electron chi connectivity index (χ1n) is 9.66. The lowest BCUT2D eigenvalue weighted by atomic mass is 9.40. The molecule has 134 valence electrons. The lowest BCUT2D eigenvalue weighted by molar-refractivity contribution is -0.197. The van der Waals surface area contributed by atoms with Crippen LogP contribution in [0.4, 0.5) is 0 Å². The lowest BCUT2D eigenvalue weighted by Crippen LogP contribution is -2.61. The zero-order valence-corrected chi connectivity index (χ0v) is 15.4. The first-order valence-corrected chi connectivity index (χ1v) is 9.66. The Bertz CT molecular complexity index is 612. The second-order valence-electron chi connectivity index (χ2n) is 10.4. The van der Waals surface area contributed by atoms with Crippen LogP contribution in [0.5, 0.6) is 0 Å². The summed E-state index contributed by atoms with van der Waals surface area (Å²) >= 11 is 0. The van der Waals surface area contributed by atoms with Crippen LogP contribution in [-0.4, -0.2) is 22.3 Å². The van der Waals surface area contributed by atoms with Crippen molar-refractivity contribution in [1.82, 2.24) is 0 Å². The summed E-state index contributed by atoms with van der Waals surface area (Å²) < 4.78 is 0. The minimum absolute atomic E-state index is 0.0605. The second kappa shape index (κ2) is 4.66. The Morgan fingerprint density at radius 2 is 1.79 bits per heavy atom. The largest absolute Gasteiger partial charge is 0.481 e. The number of carboxylic acids is 1.